The predicted molar refractivity (Wildman–Crippen MR) is 40.6 cm³/mol. The van der Waals surface area contributed by atoms with E-state index in [2.05, 4.69) is 4.90 Å². The largest absolute Gasteiger partial charge is 0.377 e. The molecule has 0 amide bonds. The van der Waals surface area contributed by atoms with Gasteiger partial charge in [0, 0.05) is 19.3 Å². The number of hydrogen-bond acceptors (Lipinski definition) is 2. The van der Waals surface area contributed by atoms with Gasteiger partial charge in [0.25, 0.3) is 0 Å². The van der Waals surface area contributed by atoms with Crippen LogP contribution in [0.15, 0.2) is 12.3 Å². The first kappa shape index (κ1) is 7.32. The second kappa shape index (κ2) is 4.09. The molecule has 0 bridgehead atoms. The summed E-state index contributed by atoms with van der Waals surface area (Å²) >= 11 is 0. The summed E-state index contributed by atoms with van der Waals surface area (Å²) < 4.78 is 0. The number of rotatable bonds is 2. The van der Waals surface area contributed by atoms with Crippen LogP contribution in [0.25, 0.3) is 0 Å². The van der Waals surface area contributed by atoms with Gasteiger partial charge >= 0.3 is 0 Å². The molecule has 0 saturated carbocycles. The first-order valence-corrected chi connectivity index (χ1v) is 3.79. The van der Waals surface area contributed by atoms with Crippen molar-refractivity contribution in [3.8, 4) is 0 Å². The minimum absolute atomic E-state index is 0.828. The van der Waals surface area contributed by atoms with Gasteiger partial charge in [0.05, 0.1) is 0 Å². The Bertz CT molecular complexity index is 125. The zero-order valence-electron chi connectivity index (χ0n) is 6.12. The number of allylic oxidation sites excluding steroid dienone is 1. The van der Waals surface area contributed by atoms with Crippen LogP contribution in [0.5, 0.6) is 0 Å². The van der Waals surface area contributed by atoms with Gasteiger partial charge in [-0.2, -0.15) is 0 Å². The Morgan fingerprint density at radius 3 is 2.40 bits per heavy atom. The van der Waals surface area contributed by atoms with E-state index in [-0.39, 0.29) is 0 Å². The Hall–Kier alpha value is -0.790. The molecule has 0 spiro atoms. The maximum atomic E-state index is 9.93. The van der Waals surface area contributed by atoms with Crippen LogP contribution in [-0.2, 0) is 4.79 Å². The van der Waals surface area contributed by atoms with Gasteiger partial charge in [0.15, 0.2) is 0 Å². The third-order valence-corrected chi connectivity index (χ3v) is 1.77. The number of carbonyl (C=O) groups excluding carboxylic acids is 1. The minimum atomic E-state index is 0.828. The highest BCUT2D eigenvalue weighted by Gasteiger charge is 2.03. The quantitative estimate of drug-likeness (QED) is 0.423. The summed E-state index contributed by atoms with van der Waals surface area (Å²) in [5, 5.41) is 0. The molecule has 0 N–H and O–H groups in total. The van der Waals surface area contributed by atoms with E-state index in [0.29, 0.717) is 0 Å². The van der Waals surface area contributed by atoms with E-state index in [1.807, 2.05) is 6.20 Å². The lowest BCUT2D eigenvalue weighted by atomic mass is 10.1. The van der Waals surface area contributed by atoms with E-state index in [1.165, 1.54) is 19.3 Å². The summed E-state index contributed by atoms with van der Waals surface area (Å²) in [6.45, 7) is 2.23. The molecule has 1 heterocycles. The normalized spacial score (nSPS) is 19.8. The number of piperidine rings is 1. The predicted octanol–water partition coefficient (Wildman–Crippen LogP) is 1.18. The van der Waals surface area contributed by atoms with Crippen LogP contribution in [0.4, 0.5) is 0 Å². The molecule has 2 nitrogen and oxygen atoms in total. The lowest BCUT2D eigenvalue weighted by molar-refractivity contribution is -0.104. The van der Waals surface area contributed by atoms with E-state index in [4.69, 9.17) is 0 Å². The number of carbonyl (C=O) groups is 1. The van der Waals surface area contributed by atoms with Gasteiger partial charge in [0.2, 0.25) is 0 Å². The molecule has 56 valence electrons. The summed E-state index contributed by atoms with van der Waals surface area (Å²) in [5.41, 5.74) is 0. The van der Waals surface area contributed by atoms with Crippen molar-refractivity contribution in [2.75, 3.05) is 13.1 Å². The fourth-order valence-electron chi connectivity index (χ4n) is 1.22. The molecule has 1 saturated heterocycles. The highest BCUT2D eigenvalue weighted by atomic mass is 16.1. The lowest BCUT2D eigenvalue weighted by Gasteiger charge is -2.24. The molecule has 0 atom stereocenters. The monoisotopic (exact) mass is 139 g/mol. The molecule has 0 radical (unpaired) electrons. The average molecular weight is 139 g/mol. The maximum Gasteiger partial charge on any atom is 0.144 e. The Morgan fingerprint density at radius 1 is 1.10 bits per heavy atom. The number of likely N-dealkylation sites (tertiary alicyclic amines) is 1. The van der Waals surface area contributed by atoms with Gasteiger partial charge in [-0.05, 0) is 25.3 Å². The second-order valence-electron chi connectivity index (χ2n) is 2.57. The number of hydrogen-bond donors (Lipinski definition) is 0. The third-order valence-electron chi connectivity index (χ3n) is 1.77. The van der Waals surface area contributed by atoms with Gasteiger partial charge < -0.3 is 4.90 Å². The average Bonchev–Trinajstić information content (AvgIpc) is 2.03. The topological polar surface area (TPSA) is 20.3 Å². The lowest BCUT2D eigenvalue weighted by Crippen LogP contribution is -2.24. The second-order valence-corrected chi connectivity index (χ2v) is 2.57. The fraction of sp³-hybridized carbons (Fsp3) is 0.625. The van der Waals surface area contributed by atoms with Crippen LogP contribution in [-0.4, -0.2) is 24.3 Å². The van der Waals surface area contributed by atoms with Crippen LogP contribution < -0.4 is 0 Å². The van der Waals surface area contributed by atoms with Crippen molar-refractivity contribution in [2.24, 2.45) is 0 Å². The minimum Gasteiger partial charge on any atom is -0.377 e. The highest BCUT2D eigenvalue weighted by molar-refractivity contribution is 5.64. The molecule has 0 aliphatic carbocycles. The van der Waals surface area contributed by atoms with Gasteiger partial charge in [-0.1, -0.05) is 0 Å². The molecule has 1 aliphatic heterocycles. The van der Waals surface area contributed by atoms with Crippen molar-refractivity contribution >= 4 is 6.29 Å². The Morgan fingerprint density at radius 2 is 1.80 bits per heavy atom. The molecular weight excluding hydrogens is 126 g/mol. The van der Waals surface area contributed by atoms with Gasteiger partial charge in [-0.25, -0.2) is 0 Å². The van der Waals surface area contributed by atoms with E-state index in [0.717, 1.165) is 19.4 Å². The third kappa shape index (κ3) is 2.21. The van der Waals surface area contributed by atoms with Crippen LogP contribution in [0.2, 0.25) is 0 Å². The van der Waals surface area contributed by atoms with E-state index in [1.54, 1.807) is 6.08 Å². The van der Waals surface area contributed by atoms with Crippen molar-refractivity contribution in [2.45, 2.75) is 19.3 Å². The number of aldehydes is 1. The maximum absolute atomic E-state index is 9.93. The highest BCUT2D eigenvalue weighted by Crippen LogP contribution is 2.07. The smallest absolute Gasteiger partial charge is 0.144 e. The SMILES string of the molecule is O=CC=CN1CCCCC1. The molecule has 0 aromatic heterocycles. The standard InChI is InChI=1S/C8H13NO/c10-8-4-7-9-5-2-1-3-6-9/h4,7-8H,1-3,5-6H2. The summed E-state index contributed by atoms with van der Waals surface area (Å²) in [6.07, 6.45) is 8.14. The summed E-state index contributed by atoms with van der Waals surface area (Å²) in [5.74, 6) is 0. The summed E-state index contributed by atoms with van der Waals surface area (Å²) in [4.78, 5) is 12.1. The fourth-order valence-corrected chi connectivity index (χ4v) is 1.22. The molecular formula is C8H13NO. The first-order valence-electron chi connectivity index (χ1n) is 3.79. The van der Waals surface area contributed by atoms with Crippen LogP contribution in [0.3, 0.4) is 0 Å². The van der Waals surface area contributed by atoms with Crippen molar-refractivity contribution in [1.29, 1.82) is 0 Å². The Balaban J connectivity index is 2.25. The zero-order valence-corrected chi connectivity index (χ0v) is 6.12. The number of nitrogens with zero attached hydrogens (tertiary/aromatic N) is 1. The molecule has 2 heteroatoms. The summed E-state index contributed by atoms with van der Waals surface area (Å²) in [6, 6.07) is 0. The Kier molecular flexibility index (Phi) is 3.00. The van der Waals surface area contributed by atoms with Gasteiger partial charge in [0.1, 0.15) is 6.29 Å². The molecule has 1 aliphatic rings. The van der Waals surface area contributed by atoms with Gasteiger partial charge in [-0.3, -0.25) is 4.79 Å². The molecule has 0 aromatic rings. The van der Waals surface area contributed by atoms with E-state index in [9.17, 15) is 4.79 Å². The molecule has 1 rings (SSSR count). The molecule has 10 heavy (non-hydrogen) atoms. The first-order chi connectivity index (χ1) is 4.93. The molecule has 0 unspecified atom stereocenters. The van der Waals surface area contributed by atoms with Gasteiger partial charge in [-0.15, -0.1) is 0 Å². The molecule has 1 fully saturated rings. The van der Waals surface area contributed by atoms with Crippen molar-refractivity contribution in [1.82, 2.24) is 4.90 Å². The van der Waals surface area contributed by atoms with Crippen LogP contribution in [0.1, 0.15) is 19.3 Å². The van der Waals surface area contributed by atoms with E-state index >= 15 is 0 Å². The van der Waals surface area contributed by atoms with Crippen LogP contribution >= 0.6 is 0 Å². The van der Waals surface area contributed by atoms with Crippen LogP contribution in [0, 0.1) is 0 Å². The summed E-state index contributed by atoms with van der Waals surface area (Å²) in [7, 11) is 0. The zero-order chi connectivity index (χ0) is 7.23. The molecule has 0 aromatic carbocycles. The Labute approximate surface area is 61.5 Å². The van der Waals surface area contributed by atoms with E-state index < -0.39 is 0 Å². The van der Waals surface area contributed by atoms with Crippen molar-refractivity contribution in [3.05, 3.63) is 12.3 Å². The van der Waals surface area contributed by atoms with Crippen molar-refractivity contribution < 1.29 is 4.79 Å². The van der Waals surface area contributed by atoms with Crippen molar-refractivity contribution in [3.63, 3.8) is 0 Å².